The molecule has 0 atom stereocenters. The van der Waals surface area contributed by atoms with Crippen LogP contribution >= 0.6 is 11.6 Å². The van der Waals surface area contributed by atoms with Crippen molar-refractivity contribution < 1.29 is 0 Å². The Labute approximate surface area is 95.3 Å². The number of halogens is 1. The van der Waals surface area contributed by atoms with E-state index in [1.54, 1.807) is 0 Å². The molecule has 3 rings (SSSR count). The lowest BCUT2D eigenvalue weighted by atomic mass is 9.88. The molecule has 1 aliphatic carbocycles. The Hall–Kier alpha value is -0.760. The lowest BCUT2D eigenvalue weighted by Crippen LogP contribution is -2.30. The van der Waals surface area contributed by atoms with E-state index in [1.165, 1.54) is 24.1 Å². The van der Waals surface area contributed by atoms with Gasteiger partial charge in [-0.25, -0.2) is 4.98 Å². The highest BCUT2D eigenvalue weighted by atomic mass is 35.5. The molecule has 0 unspecified atom stereocenters. The van der Waals surface area contributed by atoms with Gasteiger partial charge in [0.25, 0.3) is 0 Å². The average Bonchev–Trinajstić information content (AvgIpc) is 2.94. The number of aromatic nitrogens is 1. The molecule has 0 spiro atoms. The summed E-state index contributed by atoms with van der Waals surface area (Å²) in [4.78, 5) is 6.70. The quantitative estimate of drug-likeness (QED) is 0.680. The maximum absolute atomic E-state index is 5.97. The molecular weight excluding hydrogens is 208 g/mol. The minimum Gasteiger partial charge on any atom is -0.367 e. The molecule has 1 aliphatic heterocycles. The van der Waals surface area contributed by atoms with Crippen LogP contribution in [0.15, 0.2) is 12.3 Å². The van der Waals surface area contributed by atoms with Crippen LogP contribution in [0.5, 0.6) is 0 Å². The summed E-state index contributed by atoms with van der Waals surface area (Å²) < 4.78 is 0. The molecular formula is C12H15ClN2. The predicted octanol–water partition coefficient (Wildman–Crippen LogP) is 3.00. The number of hydrogen-bond donors (Lipinski definition) is 0. The fraction of sp³-hybridized carbons (Fsp3) is 0.583. The number of rotatable bonds is 1. The Morgan fingerprint density at radius 1 is 1.47 bits per heavy atom. The molecule has 1 aromatic heterocycles. The van der Waals surface area contributed by atoms with E-state index in [0.29, 0.717) is 5.15 Å². The van der Waals surface area contributed by atoms with Gasteiger partial charge in [0.15, 0.2) is 0 Å². The van der Waals surface area contributed by atoms with Gasteiger partial charge in [0, 0.05) is 35.4 Å². The molecule has 3 heteroatoms. The summed E-state index contributed by atoms with van der Waals surface area (Å²) in [5.74, 6) is 0. The highest BCUT2D eigenvalue weighted by Gasteiger charge is 2.41. The van der Waals surface area contributed by atoms with E-state index in [1.807, 2.05) is 12.3 Å². The monoisotopic (exact) mass is 222 g/mol. The number of nitrogens with zero attached hydrogens (tertiary/aromatic N) is 2. The summed E-state index contributed by atoms with van der Waals surface area (Å²) in [6.45, 7) is 5.67. The van der Waals surface area contributed by atoms with Crippen molar-refractivity contribution in [3.8, 4) is 0 Å². The van der Waals surface area contributed by atoms with Crippen molar-refractivity contribution in [3.63, 3.8) is 0 Å². The summed E-state index contributed by atoms with van der Waals surface area (Å²) in [6, 6.07) is 2.77. The van der Waals surface area contributed by atoms with Crippen LogP contribution in [0, 0.1) is 0 Å². The van der Waals surface area contributed by atoms with Crippen molar-refractivity contribution in [1.29, 1.82) is 0 Å². The van der Waals surface area contributed by atoms with E-state index in [2.05, 4.69) is 23.7 Å². The third-order valence-electron chi connectivity index (χ3n) is 3.44. The van der Waals surface area contributed by atoms with E-state index >= 15 is 0 Å². The third kappa shape index (κ3) is 1.43. The van der Waals surface area contributed by atoms with E-state index in [0.717, 1.165) is 12.6 Å². The van der Waals surface area contributed by atoms with Crippen LogP contribution in [0.3, 0.4) is 0 Å². The Morgan fingerprint density at radius 2 is 2.20 bits per heavy atom. The van der Waals surface area contributed by atoms with Crippen LogP contribution < -0.4 is 4.90 Å². The molecule has 0 saturated heterocycles. The Balaban J connectivity index is 2.10. The fourth-order valence-electron chi connectivity index (χ4n) is 2.49. The van der Waals surface area contributed by atoms with Gasteiger partial charge in [-0.1, -0.05) is 25.4 Å². The summed E-state index contributed by atoms with van der Waals surface area (Å²) in [7, 11) is 0. The number of fused-ring (bicyclic) bond motifs is 1. The summed E-state index contributed by atoms with van der Waals surface area (Å²) in [5, 5.41) is 0.608. The normalized spacial score (nSPS) is 23.0. The molecule has 0 amide bonds. The first-order valence-corrected chi connectivity index (χ1v) is 5.88. The first kappa shape index (κ1) is 9.46. The highest BCUT2D eigenvalue weighted by molar-refractivity contribution is 6.29. The summed E-state index contributed by atoms with van der Waals surface area (Å²) in [5.41, 5.74) is 2.87. The molecule has 0 radical (unpaired) electrons. The van der Waals surface area contributed by atoms with Crippen LogP contribution in [0.4, 0.5) is 5.69 Å². The minimum absolute atomic E-state index is 0.218. The summed E-state index contributed by atoms with van der Waals surface area (Å²) in [6.07, 6.45) is 4.60. The second-order valence-corrected chi connectivity index (χ2v) is 5.65. The lowest BCUT2D eigenvalue weighted by molar-refractivity contribution is 0.548. The molecule has 0 aromatic carbocycles. The SMILES string of the molecule is CC1(C)CN(C2CC2)c2cc(Cl)ncc21. The van der Waals surface area contributed by atoms with Crippen LogP contribution in [0.25, 0.3) is 0 Å². The van der Waals surface area contributed by atoms with Crippen molar-refractivity contribution >= 4 is 17.3 Å². The molecule has 1 fully saturated rings. The van der Waals surface area contributed by atoms with Gasteiger partial charge in [-0.2, -0.15) is 0 Å². The molecule has 0 N–H and O–H groups in total. The van der Waals surface area contributed by atoms with Crippen LogP contribution in [0.2, 0.25) is 5.15 Å². The zero-order chi connectivity index (χ0) is 10.6. The first-order valence-electron chi connectivity index (χ1n) is 5.50. The smallest absolute Gasteiger partial charge is 0.131 e. The van der Waals surface area contributed by atoms with E-state index in [4.69, 9.17) is 11.6 Å². The fourth-order valence-corrected chi connectivity index (χ4v) is 2.64. The topological polar surface area (TPSA) is 16.1 Å². The van der Waals surface area contributed by atoms with E-state index in [9.17, 15) is 0 Å². The average molecular weight is 223 g/mol. The Bertz CT molecular complexity index is 410. The van der Waals surface area contributed by atoms with Gasteiger partial charge in [-0.15, -0.1) is 0 Å². The largest absolute Gasteiger partial charge is 0.367 e. The van der Waals surface area contributed by atoms with Crippen molar-refractivity contribution in [2.24, 2.45) is 0 Å². The van der Waals surface area contributed by atoms with Crippen molar-refractivity contribution in [3.05, 3.63) is 23.0 Å². The zero-order valence-electron chi connectivity index (χ0n) is 9.13. The molecule has 2 aliphatic rings. The van der Waals surface area contributed by atoms with Crippen LogP contribution in [-0.4, -0.2) is 17.6 Å². The maximum Gasteiger partial charge on any atom is 0.131 e. The molecule has 2 heterocycles. The predicted molar refractivity (Wildman–Crippen MR) is 62.6 cm³/mol. The second-order valence-electron chi connectivity index (χ2n) is 5.27. The molecule has 2 nitrogen and oxygen atoms in total. The molecule has 15 heavy (non-hydrogen) atoms. The van der Waals surface area contributed by atoms with Crippen molar-refractivity contribution in [1.82, 2.24) is 4.98 Å². The second kappa shape index (κ2) is 2.88. The zero-order valence-corrected chi connectivity index (χ0v) is 9.88. The Kier molecular flexibility index (Phi) is 1.82. The molecule has 1 aromatic rings. The molecule has 0 bridgehead atoms. The first-order chi connectivity index (χ1) is 7.08. The third-order valence-corrected chi connectivity index (χ3v) is 3.65. The Morgan fingerprint density at radius 3 is 2.87 bits per heavy atom. The van der Waals surface area contributed by atoms with Gasteiger partial charge in [0.05, 0.1) is 0 Å². The summed E-state index contributed by atoms with van der Waals surface area (Å²) >= 11 is 5.97. The van der Waals surface area contributed by atoms with Gasteiger partial charge in [-0.3, -0.25) is 0 Å². The number of anilines is 1. The molecule has 80 valence electrons. The lowest BCUT2D eigenvalue weighted by Gasteiger charge is -2.21. The maximum atomic E-state index is 5.97. The van der Waals surface area contributed by atoms with Crippen LogP contribution in [-0.2, 0) is 5.41 Å². The molecule has 1 saturated carbocycles. The van der Waals surface area contributed by atoms with Gasteiger partial charge >= 0.3 is 0 Å². The van der Waals surface area contributed by atoms with E-state index < -0.39 is 0 Å². The number of hydrogen-bond acceptors (Lipinski definition) is 2. The van der Waals surface area contributed by atoms with Crippen LogP contribution in [0.1, 0.15) is 32.3 Å². The van der Waals surface area contributed by atoms with Gasteiger partial charge in [-0.05, 0) is 18.9 Å². The number of pyridine rings is 1. The highest BCUT2D eigenvalue weighted by Crippen LogP contribution is 2.45. The van der Waals surface area contributed by atoms with Gasteiger partial charge in [0.1, 0.15) is 5.15 Å². The standard InChI is InChI=1S/C12H15ClN2/c1-12(2)7-15(8-3-4-8)10-5-11(13)14-6-9(10)12/h5-6,8H,3-4,7H2,1-2H3. The van der Waals surface area contributed by atoms with E-state index in [-0.39, 0.29) is 5.41 Å². The minimum atomic E-state index is 0.218. The van der Waals surface area contributed by atoms with Gasteiger partial charge in [0.2, 0.25) is 0 Å². The van der Waals surface area contributed by atoms with Crippen molar-refractivity contribution in [2.45, 2.75) is 38.1 Å². The van der Waals surface area contributed by atoms with Gasteiger partial charge < -0.3 is 4.90 Å². The van der Waals surface area contributed by atoms with Crippen molar-refractivity contribution in [2.75, 3.05) is 11.4 Å².